The van der Waals surface area contributed by atoms with Crippen LogP contribution in [0, 0.1) is 0 Å². The zero-order valence-corrected chi connectivity index (χ0v) is 18.5. The van der Waals surface area contributed by atoms with Crippen LogP contribution in [0.15, 0.2) is 59.5 Å². The van der Waals surface area contributed by atoms with E-state index in [1.807, 2.05) is 23.9 Å². The van der Waals surface area contributed by atoms with E-state index < -0.39 is 0 Å². The highest BCUT2D eigenvalue weighted by Crippen LogP contribution is 2.45. The second kappa shape index (κ2) is 9.64. The molecule has 1 N–H and O–H groups in total. The molecule has 1 aliphatic rings. The van der Waals surface area contributed by atoms with Gasteiger partial charge in [0, 0.05) is 26.8 Å². The fourth-order valence-electron chi connectivity index (χ4n) is 3.69. The van der Waals surface area contributed by atoms with Gasteiger partial charge in [0.2, 0.25) is 0 Å². The van der Waals surface area contributed by atoms with Crippen molar-refractivity contribution in [2.24, 2.45) is 0 Å². The summed E-state index contributed by atoms with van der Waals surface area (Å²) in [6.45, 7) is 2.25. The third kappa shape index (κ3) is 4.93. The van der Waals surface area contributed by atoms with Crippen molar-refractivity contribution in [2.75, 3.05) is 5.32 Å². The molecule has 1 aromatic heterocycles. The van der Waals surface area contributed by atoms with Crippen LogP contribution in [-0.4, -0.2) is 5.91 Å². The molecule has 1 amide bonds. The zero-order chi connectivity index (χ0) is 20.1. The Kier molecular flexibility index (Phi) is 6.73. The molecule has 29 heavy (non-hydrogen) atoms. The molecular weight excluding hydrogens is 394 g/mol. The summed E-state index contributed by atoms with van der Waals surface area (Å²) in [6.07, 6.45) is 7.61. The molecule has 0 bridgehead atoms. The number of aryl methyl sites for hydroxylation is 1. The molecule has 1 aliphatic heterocycles. The molecule has 2 heterocycles. The number of thiophene rings is 1. The van der Waals surface area contributed by atoms with Crippen LogP contribution in [0.25, 0.3) is 10.4 Å². The number of amides is 1. The van der Waals surface area contributed by atoms with Gasteiger partial charge in [0.15, 0.2) is 0 Å². The minimum atomic E-state index is -0.0146. The molecule has 0 saturated carbocycles. The van der Waals surface area contributed by atoms with Crippen molar-refractivity contribution in [2.45, 2.75) is 56.1 Å². The molecule has 4 rings (SSSR count). The number of hydrogen-bond acceptors (Lipinski definition) is 3. The largest absolute Gasteiger partial charge is 0.321 e. The van der Waals surface area contributed by atoms with Gasteiger partial charge in [-0.2, -0.15) is 0 Å². The normalized spacial score (nSPS) is 12.3. The maximum atomic E-state index is 12.8. The number of nitrogens with one attached hydrogen (secondary N) is 1. The fourth-order valence-corrected chi connectivity index (χ4v) is 6.00. The van der Waals surface area contributed by atoms with Crippen molar-refractivity contribution in [3.8, 4) is 10.4 Å². The van der Waals surface area contributed by atoms with Gasteiger partial charge in [-0.25, -0.2) is 0 Å². The molecule has 0 radical (unpaired) electrons. The highest BCUT2D eigenvalue weighted by atomic mass is 32.2. The number of carbonyl (C=O) groups is 1. The van der Waals surface area contributed by atoms with Crippen LogP contribution in [0.1, 0.15) is 59.8 Å². The standard InChI is InChI=1S/C25H27NOS2/c1-2-3-4-5-6-9-18-12-14-20(15-13-18)26-25(27)23-16-19-17-28-22-11-8-7-10-21(22)24(19)29-23/h7-8,10-16H,2-6,9,17H2,1H3,(H,26,27). The molecule has 3 aromatic rings. The van der Waals surface area contributed by atoms with Crippen LogP contribution in [0.5, 0.6) is 0 Å². The minimum Gasteiger partial charge on any atom is -0.321 e. The quantitative estimate of drug-likeness (QED) is 0.376. The lowest BCUT2D eigenvalue weighted by molar-refractivity contribution is 0.103. The monoisotopic (exact) mass is 421 g/mol. The Balaban J connectivity index is 1.37. The van der Waals surface area contributed by atoms with Crippen molar-refractivity contribution in [1.82, 2.24) is 0 Å². The summed E-state index contributed by atoms with van der Waals surface area (Å²) in [6, 6.07) is 18.8. The molecule has 0 atom stereocenters. The highest BCUT2D eigenvalue weighted by molar-refractivity contribution is 7.98. The van der Waals surface area contributed by atoms with Crippen LogP contribution in [0.2, 0.25) is 0 Å². The lowest BCUT2D eigenvalue weighted by Crippen LogP contribution is -2.10. The Morgan fingerprint density at radius 1 is 1.00 bits per heavy atom. The number of fused-ring (bicyclic) bond motifs is 3. The summed E-state index contributed by atoms with van der Waals surface area (Å²) in [5.74, 6) is 0.919. The Bertz CT molecular complexity index is 975. The number of hydrogen-bond donors (Lipinski definition) is 1. The van der Waals surface area contributed by atoms with Crippen molar-refractivity contribution in [1.29, 1.82) is 0 Å². The third-order valence-corrected chi connectivity index (χ3v) is 7.66. The van der Waals surface area contributed by atoms with Crippen LogP contribution in [-0.2, 0) is 12.2 Å². The zero-order valence-electron chi connectivity index (χ0n) is 16.9. The van der Waals surface area contributed by atoms with Gasteiger partial charge < -0.3 is 5.32 Å². The Morgan fingerprint density at radius 3 is 2.62 bits per heavy atom. The van der Waals surface area contributed by atoms with E-state index in [2.05, 4.69) is 54.7 Å². The predicted octanol–water partition coefficient (Wildman–Crippen LogP) is 7.79. The summed E-state index contributed by atoms with van der Waals surface area (Å²) in [5.41, 5.74) is 4.74. The molecule has 0 saturated heterocycles. The van der Waals surface area contributed by atoms with Gasteiger partial charge in [-0.3, -0.25) is 4.79 Å². The van der Waals surface area contributed by atoms with Gasteiger partial charge in [-0.15, -0.1) is 23.1 Å². The predicted molar refractivity (Wildman–Crippen MR) is 126 cm³/mol. The summed E-state index contributed by atoms with van der Waals surface area (Å²) in [7, 11) is 0. The van der Waals surface area contributed by atoms with Crippen molar-refractivity contribution < 1.29 is 4.79 Å². The van der Waals surface area contributed by atoms with Crippen LogP contribution < -0.4 is 5.32 Å². The maximum Gasteiger partial charge on any atom is 0.265 e. The molecule has 0 spiro atoms. The van der Waals surface area contributed by atoms with E-state index in [1.54, 1.807) is 11.3 Å². The molecular formula is C25H27NOS2. The average Bonchev–Trinajstić information content (AvgIpc) is 3.20. The first-order valence-corrected chi connectivity index (χ1v) is 12.3. The van der Waals surface area contributed by atoms with Gasteiger partial charge in [0.05, 0.1) is 4.88 Å². The fraction of sp³-hybridized carbons (Fsp3) is 0.320. The second-order valence-electron chi connectivity index (χ2n) is 7.57. The lowest BCUT2D eigenvalue weighted by atomic mass is 10.1. The van der Waals surface area contributed by atoms with Gasteiger partial charge in [-0.1, -0.05) is 62.9 Å². The molecule has 2 nitrogen and oxygen atoms in total. The summed E-state index contributed by atoms with van der Waals surface area (Å²) >= 11 is 3.45. The van der Waals surface area contributed by atoms with Crippen molar-refractivity contribution in [3.05, 3.63) is 70.6 Å². The van der Waals surface area contributed by atoms with Gasteiger partial charge >= 0.3 is 0 Å². The number of rotatable bonds is 8. The number of unbranched alkanes of at least 4 members (excludes halogenated alkanes) is 4. The lowest BCUT2D eigenvalue weighted by Gasteiger charge is -2.14. The Hall–Kier alpha value is -2.04. The van der Waals surface area contributed by atoms with E-state index in [0.29, 0.717) is 0 Å². The Labute approximate surface area is 181 Å². The molecule has 2 aromatic carbocycles. The second-order valence-corrected chi connectivity index (χ2v) is 9.63. The molecule has 4 heteroatoms. The molecule has 0 aliphatic carbocycles. The molecule has 0 unspecified atom stereocenters. The highest BCUT2D eigenvalue weighted by Gasteiger charge is 2.21. The van der Waals surface area contributed by atoms with E-state index in [4.69, 9.17) is 0 Å². The smallest absolute Gasteiger partial charge is 0.265 e. The topological polar surface area (TPSA) is 29.1 Å². The van der Waals surface area contributed by atoms with E-state index in [9.17, 15) is 4.79 Å². The Morgan fingerprint density at radius 2 is 1.79 bits per heavy atom. The van der Waals surface area contributed by atoms with Crippen LogP contribution in [0.4, 0.5) is 5.69 Å². The minimum absolute atomic E-state index is 0.0146. The number of thioether (sulfide) groups is 1. The number of benzene rings is 2. The van der Waals surface area contributed by atoms with Crippen molar-refractivity contribution >= 4 is 34.7 Å². The first-order chi connectivity index (χ1) is 14.2. The van der Waals surface area contributed by atoms with E-state index >= 15 is 0 Å². The summed E-state index contributed by atoms with van der Waals surface area (Å²) in [4.78, 5) is 16.1. The number of anilines is 1. The number of carbonyl (C=O) groups excluding carboxylic acids is 1. The first-order valence-electron chi connectivity index (χ1n) is 10.5. The van der Waals surface area contributed by atoms with Crippen LogP contribution >= 0.6 is 23.1 Å². The summed E-state index contributed by atoms with van der Waals surface area (Å²) in [5, 5.41) is 3.07. The van der Waals surface area contributed by atoms with Crippen molar-refractivity contribution in [3.63, 3.8) is 0 Å². The molecule has 0 fully saturated rings. The average molecular weight is 422 g/mol. The van der Waals surface area contributed by atoms with E-state index in [0.717, 1.165) is 22.7 Å². The van der Waals surface area contributed by atoms with Crippen LogP contribution in [0.3, 0.4) is 0 Å². The van der Waals surface area contributed by atoms with E-state index in [-0.39, 0.29) is 5.91 Å². The first kappa shape index (κ1) is 20.2. The summed E-state index contributed by atoms with van der Waals surface area (Å²) < 4.78 is 0. The SMILES string of the molecule is CCCCCCCc1ccc(NC(=O)c2cc3c(s2)-c2ccccc2SC3)cc1. The molecule has 150 valence electrons. The van der Waals surface area contributed by atoms with Gasteiger partial charge in [0.25, 0.3) is 5.91 Å². The maximum absolute atomic E-state index is 12.8. The third-order valence-electron chi connectivity index (χ3n) is 5.33. The van der Waals surface area contributed by atoms with Gasteiger partial charge in [-0.05, 0) is 48.2 Å². The van der Waals surface area contributed by atoms with Gasteiger partial charge in [0.1, 0.15) is 0 Å². The van der Waals surface area contributed by atoms with E-state index in [1.165, 1.54) is 58.6 Å².